The predicted octanol–water partition coefficient (Wildman–Crippen LogP) is -0.795. The van der Waals surface area contributed by atoms with E-state index in [-0.39, 0.29) is 17.9 Å². The van der Waals surface area contributed by atoms with Crippen molar-refractivity contribution in [1.29, 1.82) is 0 Å². The Bertz CT molecular complexity index is 451. The molecule has 0 unspecified atom stereocenters. The second-order valence-electron chi connectivity index (χ2n) is 3.12. The smallest absolute Gasteiger partial charge is 0.304 e. The predicted molar refractivity (Wildman–Crippen MR) is 50.7 cm³/mol. The van der Waals surface area contributed by atoms with Crippen LogP contribution in [0, 0.1) is 0 Å². The third-order valence-corrected chi connectivity index (χ3v) is 3.21. The molecular formula is C7H11N3O4S. The number of hydrogen-bond donors (Lipinski definition) is 1. The number of hydrogen-bond acceptors (Lipinski definition) is 5. The summed E-state index contributed by atoms with van der Waals surface area (Å²) in [6.07, 6.45) is 1.10. The highest BCUT2D eigenvalue weighted by atomic mass is 32.2. The molecule has 0 spiro atoms. The van der Waals surface area contributed by atoms with Crippen LogP contribution in [0.25, 0.3) is 0 Å². The molecule has 0 bridgehead atoms. The summed E-state index contributed by atoms with van der Waals surface area (Å²) in [6, 6.07) is 0. The number of carboxylic acids is 1. The lowest BCUT2D eigenvalue weighted by molar-refractivity contribution is -0.136. The molecule has 0 aliphatic carbocycles. The molecule has 0 radical (unpaired) electrons. The standard InChI is InChI=1S/C7H11N3O4S/c1-10-4-6(8-9-10)5-15(13,14)3-2-7(11)12/h4H,2-3,5H2,1H3,(H,11,12). The van der Waals surface area contributed by atoms with Gasteiger partial charge in [-0.05, 0) is 0 Å². The molecular weight excluding hydrogens is 222 g/mol. The number of aromatic nitrogens is 3. The van der Waals surface area contributed by atoms with Gasteiger partial charge in [0.15, 0.2) is 9.84 Å². The van der Waals surface area contributed by atoms with E-state index in [0.29, 0.717) is 5.69 Å². The fourth-order valence-corrected chi connectivity index (χ4v) is 2.21. The van der Waals surface area contributed by atoms with Gasteiger partial charge < -0.3 is 5.11 Å². The second-order valence-corrected chi connectivity index (χ2v) is 5.30. The van der Waals surface area contributed by atoms with Crippen LogP contribution in [0.1, 0.15) is 12.1 Å². The summed E-state index contributed by atoms with van der Waals surface area (Å²) in [6.45, 7) is 0. The van der Waals surface area contributed by atoms with Crippen LogP contribution in [0.3, 0.4) is 0 Å². The maximum Gasteiger partial charge on any atom is 0.304 e. The van der Waals surface area contributed by atoms with Crippen LogP contribution >= 0.6 is 0 Å². The van der Waals surface area contributed by atoms with E-state index in [2.05, 4.69) is 10.3 Å². The Morgan fingerprint density at radius 1 is 1.60 bits per heavy atom. The van der Waals surface area contributed by atoms with Crippen LogP contribution in [-0.4, -0.2) is 40.2 Å². The van der Waals surface area contributed by atoms with Crippen molar-refractivity contribution in [1.82, 2.24) is 15.0 Å². The summed E-state index contributed by atoms with van der Waals surface area (Å²) in [5.74, 6) is -1.77. The van der Waals surface area contributed by atoms with Gasteiger partial charge in [0.1, 0.15) is 0 Å². The Hall–Kier alpha value is -1.44. The quantitative estimate of drug-likeness (QED) is 0.714. The van der Waals surface area contributed by atoms with Gasteiger partial charge in [0.05, 0.1) is 23.6 Å². The van der Waals surface area contributed by atoms with E-state index in [1.807, 2.05) is 0 Å². The Labute approximate surface area is 86.6 Å². The highest BCUT2D eigenvalue weighted by molar-refractivity contribution is 7.90. The molecule has 0 amide bonds. The monoisotopic (exact) mass is 233 g/mol. The Balaban J connectivity index is 2.60. The minimum Gasteiger partial charge on any atom is -0.481 e. The normalized spacial score (nSPS) is 11.5. The van der Waals surface area contributed by atoms with E-state index < -0.39 is 15.8 Å². The lowest BCUT2D eigenvalue weighted by Gasteiger charge is -1.98. The first-order valence-electron chi connectivity index (χ1n) is 4.16. The molecule has 0 saturated carbocycles. The highest BCUT2D eigenvalue weighted by Gasteiger charge is 2.15. The Kier molecular flexibility index (Phi) is 3.40. The molecule has 1 rings (SSSR count). The molecule has 0 fully saturated rings. The molecule has 1 aromatic rings. The summed E-state index contributed by atoms with van der Waals surface area (Å²) in [5.41, 5.74) is 0.322. The minimum absolute atomic E-state index is 0.270. The molecule has 84 valence electrons. The third-order valence-electron chi connectivity index (χ3n) is 1.64. The molecule has 0 atom stereocenters. The van der Waals surface area contributed by atoms with E-state index in [4.69, 9.17) is 5.11 Å². The maximum absolute atomic E-state index is 11.4. The van der Waals surface area contributed by atoms with Gasteiger partial charge >= 0.3 is 5.97 Å². The van der Waals surface area contributed by atoms with Crippen molar-refractivity contribution in [2.45, 2.75) is 12.2 Å². The number of carboxylic acid groups (broad SMARTS) is 1. The zero-order chi connectivity index (χ0) is 11.5. The highest BCUT2D eigenvalue weighted by Crippen LogP contribution is 2.03. The molecule has 8 heteroatoms. The summed E-state index contributed by atoms with van der Waals surface area (Å²) in [7, 11) is -1.79. The van der Waals surface area contributed by atoms with Crippen molar-refractivity contribution in [3.8, 4) is 0 Å². The van der Waals surface area contributed by atoms with Crippen molar-refractivity contribution in [3.05, 3.63) is 11.9 Å². The van der Waals surface area contributed by atoms with Gasteiger partial charge in [-0.3, -0.25) is 9.48 Å². The molecule has 1 aromatic heterocycles. The number of aryl methyl sites for hydroxylation is 1. The van der Waals surface area contributed by atoms with Crippen LogP contribution in [0.15, 0.2) is 6.20 Å². The van der Waals surface area contributed by atoms with Crippen molar-refractivity contribution < 1.29 is 18.3 Å². The van der Waals surface area contributed by atoms with Crippen LogP contribution in [0.5, 0.6) is 0 Å². The van der Waals surface area contributed by atoms with Gasteiger partial charge in [-0.15, -0.1) is 5.10 Å². The largest absolute Gasteiger partial charge is 0.481 e. The van der Waals surface area contributed by atoms with Crippen LogP contribution in [0.2, 0.25) is 0 Å². The topological polar surface area (TPSA) is 102 Å². The average Bonchev–Trinajstić information content (AvgIpc) is 2.47. The van der Waals surface area contributed by atoms with Crippen molar-refractivity contribution in [2.75, 3.05) is 5.75 Å². The SMILES string of the molecule is Cn1cc(CS(=O)(=O)CCC(=O)O)nn1. The third kappa shape index (κ3) is 4.07. The maximum atomic E-state index is 11.4. The molecule has 0 aliphatic rings. The fraction of sp³-hybridized carbons (Fsp3) is 0.571. The van der Waals surface area contributed by atoms with Crippen molar-refractivity contribution in [2.24, 2.45) is 7.05 Å². The van der Waals surface area contributed by atoms with Gasteiger partial charge in [0.25, 0.3) is 0 Å². The van der Waals surface area contributed by atoms with E-state index in [9.17, 15) is 13.2 Å². The lowest BCUT2D eigenvalue weighted by Crippen LogP contribution is -2.13. The van der Waals surface area contributed by atoms with Gasteiger partial charge in [0.2, 0.25) is 0 Å². The molecule has 1 heterocycles. The number of rotatable bonds is 5. The van der Waals surface area contributed by atoms with E-state index >= 15 is 0 Å². The number of carbonyl (C=O) groups is 1. The van der Waals surface area contributed by atoms with Gasteiger partial charge in [0, 0.05) is 13.2 Å². The molecule has 15 heavy (non-hydrogen) atoms. The zero-order valence-corrected chi connectivity index (χ0v) is 8.94. The minimum atomic E-state index is -3.41. The fourth-order valence-electron chi connectivity index (χ4n) is 1.00. The Morgan fingerprint density at radius 3 is 2.73 bits per heavy atom. The van der Waals surface area contributed by atoms with Crippen molar-refractivity contribution in [3.63, 3.8) is 0 Å². The Morgan fingerprint density at radius 2 is 2.27 bits per heavy atom. The van der Waals surface area contributed by atoms with Crippen LogP contribution < -0.4 is 0 Å². The van der Waals surface area contributed by atoms with Crippen LogP contribution in [0.4, 0.5) is 0 Å². The van der Waals surface area contributed by atoms with Crippen molar-refractivity contribution >= 4 is 15.8 Å². The molecule has 0 aromatic carbocycles. The summed E-state index contributed by atoms with van der Waals surface area (Å²) >= 11 is 0. The van der Waals surface area contributed by atoms with Crippen LogP contribution in [-0.2, 0) is 27.4 Å². The average molecular weight is 233 g/mol. The number of nitrogens with zero attached hydrogens (tertiary/aromatic N) is 3. The van der Waals surface area contributed by atoms with E-state index in [1.54, 1.807) is 7.05 Å². The number of sulfone groups is 1. The van der Waals surface area contributed by atoms with Gasteiger partial charge in [-0.25, -0.2) is 8.42 Å². The zero-order valence-electron chi connectivity index (χ0n) is 8.12. The first-order chi connectivity index (χ1) is 6.89. The van der Waals surface area contributed by atoms with Gasteiger partial charge in [-0.2, -0.15) is 0 Å². The summed E-state index contributed by atoms with van der Waals surface area (Å²) in [5, 5.41) is 15.5. The first kappa shape index (κ1) is 11.6. The number of aliphatic carboxylic acids is 1. The summed E-state index contributed by atoms with van der Waals surface area (Å²) in [4.78, 5) is 10.2. The summed E-state index contributed by atoms with van der Waals surface area (Å²) < 4.78 is 24.1. The first-order valence-corrected chi connectivity index (χ1v) is 5.98. The molecule has 0 aliphatic heterocycles. The molecule has 0 saturated heterocycles. The molecule has 7 nitrogen and oxygen atoms in total. The lowest BCUT2D eigenvalue weighted by atomic mass is 10.5. The van der Waals surface area contributed by atoms with E-state index in [1.165, 1.54) is 10.9 Å². The second kappa shape index (κ2) is 4.39. The molecule has 1 N–H and O–H groups in total. The van der Waals surface area contributed by atoms with E-state index in [0.717, 1.165) is 0 Å². The van der Waals surface area contributed by atoms with Gasteiger partial charge in [-0.1, -0.05) is 5.21 Å².